The van der Waals surface area contributed by atoms with Gasteiger partial charge in [0.2, 0.25) is 0 Å². The Kier molecular flexibility index (Phi) is 12.6. The van der Waals surface area contributed by atoms with E-state index in [1.165, 1.54) is 44.4 Å². The van der Waals surface area contributed by atoms with Gasteiger partial charge in [0.1, 0.15) is 0 Å². The van der Waals surface area contributed by atoms with Crippen molar-refractivity contribution in [1.82, 2.24) is 0 Å². The van der Waals surface area contributed by atoms with Crippen LogP contribution in [0.1, 0.15) is 94.4 Å². The van der Waals surface area contributed by atoms with Crippen LogP contribution in [-0.4, -0.2) is 19.0 Å². The van der Waals surface area contributed by atoms with Crippen LogP contribution in [0.5, 0.6) is 0 Å². The third-order valence-corrected chi connectivity index (χ3v) is 9.33. The minimum Gasteiger partial charge on any atom is -0.110 e. The minimum absolute atomic E-state index is 0.259. The van der Waals surface area contributed by atoms with E-state index in [9.17, 15) is 0 Å². The zero-order valence-corrected chi connectivity index (χ0v) is 20.2. The molecule has 0 aromatic rings. The average molecular weight is 369 g/mol. The molecule has 0 aliphatic carbocycles. The van der Waals surface area contributed by atoms with Crippen molar-refractivity contribution in [3.63, 3.8) is 0 Å². The van der Waals surface area contributed by atoms with Crippen molar-refractivity contribution in [1.29, 1.82) is 0 Å². The maximum atomic E-state index is 2.51. The summed E-state index contributed by atoms with van der Waals surface area (Å²) in [5, 5.41) is 0. The van der Waals surface area contributed by atoms with Crippen molar-refractivity contribution in [3.8, 4) is 0 Å². The number of allylic oxidation sites excluding steroid dienone is 2. The summed E-state index contributed by atoms with van der Waals surface area (Å²) in [6.45, 7) is 24.2. The zero-order valence-electron chi connectivity index (χ0n) is 19.3. The van der Waals surface area contributed by atoms with Crippen LogP contribution in [0.25, 0.3) is 0 Å². The third kappa shape index (κ3) is 9.08. The second-order valence-electron chi connectivity index (χ2n) is 9.31. The average Bonchev–Trinajstić information content (AvgIpc) is 2.56. The van der Waals surface area contributed by atoms with E-state index in [0.717, 1.165) is 23.7 Å². The fourth-order valence-electron chi connectivity index (χ4n) is 4.36. The summed E-state index contributed by atoms with van der Waals surface area (Å²) in [6.07, 6.45) is 11.9. The van der Waals surface area contributed by atoms with Crippen LogP contribution in [0.3, 0.4) is 0 Å². The molecule has 0 nitrogen and oxygen atoms in total. The quantitative estimate of drug-likeness (QED) is 0.225. The first kappa shape index (κ1) is 25.2. The van der Waals surface area contributed by atoms with Crippen molar-refractivity contribution < 1.29 is 0 Å². The number of rotatable bonds is 13. The van der Waals surface area contributed by atoms with E-state index in [-0.39, 0.29) is 7.92 Å². The van der Waals surface area contributed by atoms with Gasteiger partial charge in [-0.25, -0.2) is 0 Å². The second-order valence-corrected chi connectivity index (χ2v) is 12.0. The molecule has 0 fully saturated rings. The molecule has 0 rings (SSSR count). The van der Waals surface area contributed by atoms with Crippen LogP contribution < -0.4 is 0 Å². The SMILES string of the molecule is C/C=C(/CCC(CC)C(C)CP(C)CC)C(C)CC(C)(C)C(C)CC. The summed E-state index contributed by atoms with van der Waals surface area (Å²) >= 11 is 0. The largest absolute Gasteiger partial charge is 0.110 e. The van der Waals surface area contributed by atoms with Crippen LogP contribution in [0, 0.1) is 29.1 Å². The van der Waals surface area contributed by atoms with Gasteiger partial charge in [-0.1, -0.05) is 79.9 Å². The number of hydrogen-bond acceptors (Lipinski definition) is 0. The van der Waals surface area contributed by atoms with Crippen molar-refractivity contribution in [3.05, 3.63) is 11.6 Å². The maximum absolute atomic E-state index is 2.51. The Bertz CT molecular complexity index is 368. The van der Waals surface area contributed by atoms with Gasteiger partial charge in [0.15, 0.2) is 0 Å². The summed E-state index contributed by atoms with van der Waals surface area (Å²) in [6, 6.07) is 0. The van der Waals surface area contributed by atoms with Crippen molar-refractivity contribution in [2.45, 2.75) is 94.4 Å². The van der Waals surface area contributed by atoms with Crippen LogP contribution in [0.15, 0.2) is 11.6 Å². The molecule has 150 valence electrons. The maximum Gasteiger partial charge on any atom is -0.0227 e. The molecule has 25 heavy (non-hydrogen) atoms. The highest BCUT2D eigenvalue weighted by Crippen LogP contribution is 2.40. The highest BCUT2D eigenvalue weighted by Gasteiger charge is 2.28. The summed E-state index contributed by atoms with van der Waals surface area (Å²) < 4.78 is 0. The Morgan fingerprint density at radius 2 is 1.64 bits per heavy atom. The summed E-state index contributed by atoms with van der Waals surface area (Å²) in [7, 11) is 0.259. The van der Waals surface area contributed by atoms with E-state index in [1.807, 2.05) is 0 Å². The van der Waals surface area contributed by atoms with Crippen LogP contribution in [0.2, 0.25) is 0 Å². The van der Waals surface area contributed by atoms with Crippen LogP contribution in [0.4, 0.5) is 0 Å². The molecule has 1 heteroatoms. The molecule has 0 N–H and O–H groups in total. The lowest BCUT2D eigenvalue weighted by Crippen LogP contribution is -2.24. The van der Waals surface area contributed by atoms with Gasteiger partial charge < -0.3 is 0 Å². The molecule has 0 radical (unpaired) electrons. The van der Waals surface area contributed by atoms with Gasteiger partial charge in [-0.15, -0.1) is 7.92 Å². The summed E-state index contributed by atoms with van der Waals surface area (Å²) in [4.78, 5) is 0. The van der Waals surface area contributed by atoms with Gasteiger partial charge >= 0.3 is 0 Å². The molecule has 0 aliphatic rings. The molecule has 0 heterocycles. The molecular weight excluding hydrogens is 319 g/mol. The molecule has 0 spiro atoms. The molecule has 0 bridgehead atoms. The van der Waals surface area contributed by atoms with E-state index < -0.39 is 0 Å². The second kappa shape index (κ2) is 12.5. The Morgan fingerprint density at radius 1 is 1.04 bits per heavy atom. The van der Waals surface area contributed by atoms with E-state index >= 15 is 0 Å². The van der Waals surface area contributed by atoms with Crippen LogP contribution in [-0.2, 0) is 0 Å². The van der Waals surface area contributed by atoms with E-state index in [2.05, 4.69) is 75.1 Å². The first-order chi connectivity index (χ1) is 11.6. The first-order valence-corrected chi connectivity index (χ1v) is 13.1. The molecule has 0 aromatic carbocycles. The molecule has 0 amide bonds. The molecule has 5 atom stereocenters. The Labute approximate surface area is 162 Å². The zero-order chi connectivity index (χ0) is 19.6. The molecule has 0 saturated heterocycles. The van der Waals surface area contributed by atoms with Gasteiger partial charge in [-0.2, -0.15) is 0 Å². The van der Waals surface area contributed by atoms with Crippen molar-refractivity contribution in [2.75, 3.05) is 19.0 Å². The minimum atomic E-state index is 0.259. The lowest BCUT2D eigenvalue weighted by atomic mass is 9.71. The topological polar surface area (TPSA) is 0 Å². The van der Waals surface area contributed by atoms with Gasteiger partial charge in [0.05, 0.1) is 0 Å². The smallest absolute Gasteiger partial charge is 0.0227 e. The molecule has 0 saturated carbocycles. The summed E-state index contributed by atoms with van der Waals surface area (Å²) in [5.74, 6) is 3.32. The Hall–Kier alpha value is 0.170. The Morgan fingerprint density at radius 3 is 2.08 bits per heavy atom. The predicted octanol–water partition coefficient (Wildman–Crippen LogP) is 8.61. The molecule has 0 aromatic heterocycles. The van der Waals surface area contributed by atoms with E-state index in [0.29, 0.717) is 5.41 Å². The van der Waals surface area contributed by atoms with Gasteiger partial charge in [-0.05, 0) is 74.3 Å². The number of hydrogen-bond donors (Lipinski definition) is 0. The van der Waals surface area contributed by atoms with Crippen molar-refractivity contribution >= 4 is 7.92 Å². The monoisotopic (exact) mass is 368 g/mol. The first-order valence-electron chi connectivity index (χ1n) is 11.0. The standard InChI is InChI=1S/C24H49P/c1-11-21(7)24(8,9)17-19(5)22(12-2)15-16-23(13-3)20(6)18-25(10)14-4/h12,19-21,23H,11,13-18H2,1-10H3/b22-12-. The Balaban J connectivity index is 4.71. The fourth-order valence-corrected chi connectivity index (χ4v) is 5.90. The molecular formula is C24H49P. The normalized spacial score (nSPS) is 19.4. The van der Waals surface area contributed by atoms with Gasteiger partial charge in [0.25, 0.3) is 0 Å². The van der Waals surface area contributed by atoms with Gasteiger partial charge in [-0.3, -0.25) is 0 Å². The fraction of sp³-hybridized carbons (Fsp3) is 0.917. The van der Waals surface area contributed by atoms with E-state index in [4.69, 9.17) is 0 Å². The molecule has 5 unspecified atom stereocenters. The van der Waals surface area contributed by atoms with E-state index in [1.54, 1.807) is 5.57 Å². The highest BCUT2D eigenvalue weighted by atomic mass is 31.1. The molecule has 0 aliphatic heterocycles. The predicted molar refractivity (Wildman–Crippen MR) is 121 cm³/mol. The van der Waals surface area contributed by atoms with Crippen molar-refractivity contribution in [2.24, 2.45) is 29.1 Å². The lowest BCUT2D eigenvalue weighted by Gasteiger charge is -2.35. The summed E-state index contributed by atoms with van der Waals surface area (Å²) in [5.41, 5.74) is 2.15. The lowest BCUT2D eigenvalue weighted by molar-refractivity contribution is 0.182. The third-order valence-electron chi connectivity index (χ3n) is 7.05. The van der Waals surface area contributed by atoms with Crippen LogP contribution >= 0.6 is 7.92 Å². The highest BCUT2D eigenvalue weighted by molar-refractivity contribution is 7.56. The van der Waals surface area contributed by atoms with Gasteiger partial charge in [0, 0.05) is 0 Å².